The minimum atomic E-state index is -0.518. The molecule has 21 heavy (non-hydrogen) atoms. The summed E-state index contributed by atoms with van der Waals surface area (Å²) in [6.45, 7) is 0.408. The summed E-state index contributed by atoms with van der Waals surface area (Å²) >= 11 is 0. The third kappa shape index (κ3) is 3.56. The maximum Gasteiger partial charge on any atom is 0.329 e. The Labute approximate surface area is 121 Å². The third-order valence-corrected chi connectivity index (χ3v) is 2.81. The number of anilines is 2. The van der Waals surface area contributed by atoms with Crippen molar-refractivity contribution in [2.75, 3.05) is 24.8 Å². The van der Waals surface area contributed by atoms with Crippen LogP contribution < -0.4 is 15.4 Å². The van der Waals surface area contributed by atoms with E-state index in [1.807, 2.05) is 24.3 Å². The smallest absolute Gasteiger partial charge is 0.329 e. The first-order valence-corrected chi connectivity index (χ1v) is 6.20. The summed E-state index contributed by atoms with van der Waals surface area (Å²) in [6.07, 6.45) is 1.18. The van der Waals surface area contributed by atoms with Crippen LogP contribution in [0.4, 0.5) is 17.5 Å². The average Bonchev–Trinajstić information content (AvgIpc) is 2.52. The third-order valence-electron chi connectivity index (χ3n) is 2.81. The molecule has 2 rings (SSSR count). The van der Waals surface area contributed by atoms with Crippen LogP contribution in [0.5, 0.6) is 5.75 Å². The maximum absolute atomic E-state index is 11.0. The Morgan fingerprint density at radius 3 is 2.62 bits per heavy atom. The van der Waals surface area contributed by atoms with Gasteiger partial charge in [0.15, 0.2) is 0 Å². The Hall–Kier alpha value is -2.90. The van der Waals surface area contributed by atoms with Crippen molar-refractivity contribution in [1.82, 2.24) is 9.97 Å². The van der Waals surface area contributed by atoms with Crippen molar-refractivity contribution >= 4 is 17.5 Å². The number of hydrogen-bond acceptors (Lipinski definition) is 7. The fourth-order valence-electron chi connectivity index (χ4n) is 1.69. The zero-order valence-corrected chi connectivity index (χ0v) is 11.7. The molecular formula is C13H15N5O3. The SMILES string of the molecule is CNc1ncc([N+](=O)[O-])c(NCc2ccc(OC)cc2)n1. The highest BCUT2D eigenvalue weighted by Gasteiger charge is 2.16. The largest absolute Gasteiger partial charge is 0.497 e. The highest BCUT2D eigenvalue weighted by molar-refractivity contribution is 5.57. The van der Waals surface area contributed by atoms with Gasteiger partial charge in [-0.05, 0) is 17.7 Å². The first-order valence-electron chi connectivity index (χ1n) is 6.20. The van der Waals surface area contributed by atoms with Crippen molar-refractivity contribution < 1.29 is 9.66 Å². The van der Waals surface area contributed by atoms with Gasteiger partial charge in [-0.1, -0.05) is 12.1 Å². The summed E-state index contributed by atoms with van der Waals surface area (Å²) in [4.78, 5) is 18.3. The van der Waals surface area contributed by atoms with Crippen molar-refractivity contribution in [1.29, 1.82) is 0 Å². The lowest BCUT2D eigenvalue weighted by Gasteiger charge is -2.08. The molecule has 8 heteroatoms. The van der Waals surface area contributed by atoms with Crippen molar-refractivity contribution in [3.05, 3.63) is 46.1 Å². The highest BCUT2D eigenvalue weighted by Crippen LogP contribution is 2.22. The summed E-state index contributed by atoms with van der Waals surface area (Å²) in [5, 5.41) is 16.7. The predicted molar refractivity (Wildman–Crippen MR) is 78.6 cm³/mol. The molecule has 1 heterocycles. The lowest BCUT2D eigenvalue weighted by atomic mass is 10.2. The van der Waals surface area contributed by atoms with Crippen LogP contribution >= 0.6 is 0 Å². The molecule has 0 spiro atoms. The highest BCUT2D eigenvalue weighted by atomic mass is 16.6. The molecule has 1 aromatic carbocycles. The molecule has 0 aliphatic rings. The number of benzene rings is 1. The molecule has 0 aliphatic heterocycles. The molecule has 0 amide bonds. The fraction of sp³-hybridized carbons (Fsp3) is 0.231. The normalized spacial score (nSPS) is 10.0. The molecule has 0 atom stereocenters. The van der Waals surface area contributed by atoms with Gasteiger partial charge < -0.3 is 15.4 Å². The molecule has 1 aromatic heterocycles. The molecule has 2 aromatic rings. The van der Waals surface area contributed by atoms with Gasteiger partial charge >= 0.3 is 5.69 Å². The number of nitro groups is 1. The molecule has 0 radical (unpaired) electrons. The van der Waals surface area contributed by atoms with E-state index in [4.69, 9.17) is 4.74 Å². The van der Waals surface area contributed by atoms with Crippen LogP contribution in [-0.2, 0) is 6.54 Å². The molecule has 0 unspecified atom stereocenters. The molecule has 0 saturated heterocycles. The first-order chi connectivity index (χ1) is 10.1. The summed E-state index contributed by atoms with van der Waals surface area (Å²) in [7, 11) is 3.24. The van der Waals surface area contributed by atoms with E-state index >= 15 is 0 Å². The standard InChI is InChI=1S/C13H15N5O3/c1-14-13-16-8-11(18(19)20)12(17-13)15-7-9-3-5-10(21-2)6-4-9/h3-6,8H,7H2,1-2H3,(H2,14,15,16,17). The summed E-state index contributed by atoms with van der Waals surface area (Å²) < 4.78 is 5.07. The Bertz CT molecular complexity index is 630. The minimum Gasteiger partial charge on any atom is -0.497 e. The van der Waals surface area contributed by atoms with E-state index in [1.54, 1.807) is 14.2 Å². The first kappa shape index (κ1) is 14.5. The lowest BCUT2D eigenvalue weighted by Crippen LogP contribution is -2.07. The van der Waals surface area contributed by atoms with Gasteiger partial charge in [-0.15, -0.1) is 0 Å². The van der Waals surface area contributed by atoms with Gasteiger partial charge in [-0.25, -0.2) is 4.98 Å². The van der Waals surface area contributed by atoms with E-state index in [1.165, 1.54) is 6.20 Å². The predicted octanol–water partition coefficient (Wildman–Crippen LogP) is 2.05. The van der Waals surface area contributed by atoms with Gasteiger partial charge in [-0.2, -0.15) is 4.98 Å². The molecule has 0 bridgehead atoms. The van der Waals surface area contributed by atoms with Crippen LogP contribution in [-0.4, -0.2) is 29.0 Å². The number of methoxy groups -OCH3 is 1. The zero-order valence-electron chi connectivity index (χ0n) is 11.7. The zero-order chi connectivity index (χ0) is 15.2. The molecule has 0 fully saturated rings. The van der Waals surface area contributed by atoms with Crippen molar-refractivity contribution in [3.63, 3.8) is 0 Å². The van der Waals surface area contributed by atoms with E-state index < -0.39 is 4.92 Å². The van der Waals surface area contributed by atoms with E-state index in [2.05, 4.69) is 20.6 Å². The van der Waals surface area contributed by atoms with Gasteiger partial charge in [0.2, 0.25) is 11.8 Å². The number of hydrogen-bond donors (Lipinski definition) is 2. The molecular weight excluding hydrogens is 274 g/mol. The lowest BCUT2D eigenvalue weighted by molar-refractivity contribution is -0.384. The number of nitrogens with one attached hydrogen (secondary N) is 2. The second-order valence-corrected chi connectivity index (χ2v) is 4.14. The molecule has 110 valence electrons. The second-order valence-electron chi connectivity index (χ2n) is 4.14. The number of ether oxygens (including phenoxy) is 1. The maximum atomic E-state index is 11.0. The van der Waals surface area contributed by atoms with Crippen LogP contribution in [0, 0.1) is 10.1 Å². The van der Waals surface area contributed by atoms with Gasteiger partial charge in [0, 0.05) is 13.6 Å². The summed E-state index contributed by atoms with van der Waals surface area (Å²) in [5.41, 5.74) is 0.789. The van der Waals surface area contributed by atoms with Crippen LogP contribution in [0.25, 0.3) is 0 Å². The summed E-state index contributed by atoms with van der Waals surface area (Å²) in [5.74, 6) is 1.25. The van der Waals surface area contributed by atoms with Crippen LogP contribution in [0.2, 0.25) is 0 Å². The van der Waals surface area contributed by atoms with Gasteiger partial charge in [-0.3, -0.25) is 10.1 Å². The van der Waals surface area contributed by atoms with Crippen LogP contribution in [0.15, 0.2) is 30.5 Å². The number of rotatable bonds is 6. The quantitative estimate of drug-likeness (QED) is 0.619. The topological polar surface area (TPSA) is 102 Å². The minimum absolute atomic E-state index is 0.164. The van der Waals surface area contributed by atoms with Crippen LogP contribution in [0.1, 0.15) is 5.56 Å². The van der Waals surface area contributed by atoms with Crippen molar-refractivity contribution in [3.8, 4) is 5.75 Å². The molecule has 0 saturated carbocycles. The Morgan fingerprint density at radius 2 is 2.05 bits per heavy atom. The Kier molecular flexibility index (Phi) is 4.50. The molecule has 0 aliphatic carbocycles. The van der Waals surface area contributed by atoms with Crippen molar-refractivity contribution in [2.45, 2.75) is 6.54 Å². The van der Waals surface area contributed by atoms with Gasteiger partial charge in [0.25, 0.3) is 0 Å². The van der Waals surface area contributed by atoms with Crippen LogP contribution in [0.3, 0.4) is 0 Å². The Balaban J connectivity index is 2.15. The monoisotopic (exact) mass is 289 g/mol. The second kappa shape index (κ2) is 6.51. The average molecular weight is 289 g/mol. The number of nitrogens with zero attached hydrogens (tertiary/aromatic N) is 3. The van der Waals surface area contributed by atoms with Crippen molar-refractivity contribution in [2.24, 2.45) is 0 Å². The van der Waals surface area contributed by atoms with Gasteiger partial charge in [0.05, 0.1) is 12.0 Å². The van der Waals surface area contributed by atoms with E-state index in [0.717, 1.165) is 11.3 Å². The van der Waals surface area contributed by atoms with E-state index in [0.29, 0.717) is 12.5 Å². The molecule has 8 nitrogen and oxygen atoms in total. The fourth-order valence-corrected chi connectivity index (χ4v) is 1.69. The Morgan fingerprint density at radius 1 is 1.33 bits per heavy atom. The van der Waals surface area contributed by atoms with Gasteiger partial charge in [0.1, 0.15) is 11.9 Å². The molecule has 2 N–H and O–H groups in total. The van der Waals surface area contributed by atoms with E-state index in [-0.39, 0.29) is 11.5 Å². The summed E-state index contributed by atoms with van der Waals surface area (Å²) in [6, 6.07) is 7.39. The number of aromatic nitrogens is 2. The van der Waals surface area contributed by atoms with E-state index in [9.17, 15) is 10.1 Å².